The zero-order valence-electron chi connectivity index (χ0n) is 20.5. The Labute approximate surface area is 204 Å². The Balaban J connectivity index is 1.24. The summed E-state index contributed by atoms with van der Waals surface area (Å²) < 4.78 is 13.3. The first-order valence-electron chi connectivity index (χ1n) is 12.4. The van der Waals surface area contributed by atoms with E-state index >= 15 is 0 Å². The maximum atomic E-state index is 12.4. The van der Waals surface area contributed by atoms with E-state index in [-0.39, 0.29) is 24.7 Å². The predicted molar refractivity (Wildman–Crippen MR) is 125 cm³/mol. The molecule has 2 aromatic heterocycles. The number of fused-ring (bicyclic) bond motifs is 1. The van der Waals surface area contributed by atoms with Crippen LogP contribution in [0, 0.1) is 30.6 Å². The minimum atomic E-state index is -0.721. The van der Waals surface area contributed by atoms with Crippen LogP contribution in [0.4, 0.5) is 4.79 Å². The highest BCUT2D eigenvalue weighted by molar-refractivity contribution is 5.71. The molecule has 1 N–H and O–H groups in total. The number of carbonyl (C=O) groups is 2. The SMILES string of the molecule is Cc1nc(-c2nnn(C)c2COC(=O)N(C)CC2CCC2)ccc1O[C@H]1CC2C[C@H]2[C@H](C(=O)O)C1. The van der Waals surface area contributed by atoms with Crippen molar-refractivity contribution < 1.29 is 24.2 Å². The van der Waals surface area contributed by atoms with Crippen LogP contribution < -0.4 is 4.74 Å². The molecular formula is C25H33N5O5. The van der Waals surface area contributed by atoms with Crippen LogP contribution in [0.25, 0.3) is 11.4 Å². The highest BCUT2D eigenvalue weighted by Gasteiger charge is 2.52. The number of pyridine rings is 1. The Morgan fingerprint density at radius 2 is 2.03 bits per heavy atom. The highest BCUT2D eigenvalue weighted by atomic mass is 16.6. The summed E-state index contributed by atoms with van der Waals surface area (Å²) in [6.07, 6.45) is 5.51. The van der Waals surface area contributed by atoms with Gasteiger partial charge in [-0.3, -0.25) is 4.79 Å². The van der Waals surface area contributed by atoms with Gasteiger partial charge in [-0.15, -0.1) is 5.10 Å². The summed E-state index contributed by atoms with van der Waals surface area (Å²) in [6.45, 7) is 2.63. The van der Waals surface area contributed by atoms with Crippen LogP contribution in [-0.4, -0.2) is 61.7 Å². The van der Waals surface area contributed by atoms with Gasteiger partial charge in [0.2, 0.25) is 0 Å². The maximum Gasteiger partial charge on any atom is 0.409 e. The van der Waals surface area contributed by atoms with Crippen LogP contribution in [0.1, 0.15) is 49.9 Å². The molecule has 0 saturated heterocycles. The van der Waals surface area contributed by atoms with Crippen molar-refractivity contribution in [1.82, 2.24) is 24.9 Å². The van der Waals surface area contributed by atoms with Crippen LogP contribution in [-0.2, 0) is 23.2 Å². The maximum absolute atomic E-state index is 12.4. The van der Waals surface area contributed by atoms with Crippen molar-refractivity contribution in [1.29, 1.82) is 0 Å². The first kappa shape index (κ1) is 23.6. The zero-order valence-corrected chi connectivity index (χ0v) is 20.5. The van der Waals surface area contributed by atoms with E-state index in [2.05, 4.69) is 15.3 Å². The number of hydrogen-bond donors (Lipinski definition) is 1. The molecule has 3 fully saturated rings. The smallest absolute Gasteiger partial charge is 0.409 e. The molecule has 1 unspecified atom stereocenters. The molecule has 3 saturated carbocycles. The van der Waals surface area contributed by atoms with E-state index in [4.69, 9.17) is 9.47 Å². The molecule has 4 atom stereocenters. The third-order valence-corrected chi connectivity index (χ3v) is 7.81. The summed E-state index contributed by atoms with van der Waals surface area (Å²) in [5, 5.41) is 17.9. The Morgan fingerprint density at radius 3 is 2.71 bits per heavy atom. The minimum Gasteiger partial charge on any atom is -0.488 e. The highest BCUT2D eigenvalue weighted by Crippen LogP contribution is 2.53. The second-order valence-electron chi connectivity index (χ2n) is 10.3. The topological polar surface area (TPSA) is 120 Å². The normalized spacial score (nSPS) is 25.3. The van der Waals surface area contributed by atoms with Gasteiger partial charge in [0.25, 0.3) is 0 Å². The molecule has 0 aliphatic heterocycles. The number of ether oxygens (including phenoxy) is 2. The Morgan fingerprint density at radius 1 is 1.23 bits per heavy atom. The Hall–Kier alpha value is -3.17. The van der Waals surface area contributed by atoms with Gasteiger partial charge in [-0.25, -0.2) is 14.5 Å². The number of hydrogen-bond acceptors (Lipinski definition) is 7. The number of aromatic nitrogens is 4. The fourth-order valence-corrected chi connectivity index (χ4v) is 5.41. The molecule has 0 spiro atoms. The average Bonchev–Trinajstić information content (AvgIpc) is 3.49. The van der Waals surface area contributed by atoms with Gasteiger partial charge in [-0.05, 0) is 68.9 Å². The van der Waals surface area contributed by atoms with Gasteiger partial charge in [0, 0.05) is 20.6 Å². The number of carboxylic acid groups (broad SMARTS) is 1. The van der Waals surface area contributed by atoms with Crippen LogP contribution in [0.2, 0.25) is 0 Å². The monoisotopic (exact) mass is 483 g/mol. The molecule has 0 radical (unpaired) electrons. The van der Waals surface area contributed by atoms with E-state index in [0.29, 0.717) is 59.2 Å². The van der Waals surface area contributed by atoms with Crippen LogP contribution in [0.5, 0.6) is 5.75 Å². The van der Waals surface area contributed by atoms with Gasteiger partial charge in [-0.2, -0.15) is 0 Å². The molecule has 3 aliphatic rings. The molecule has 3 aliphatic carbocycles. The van der Waals surface area contributed by atoms with E-state index in [0.717, 1.165) is 12.8 Å². The van der Waals surface area contributed by atoms with Crippen molar-refractivity contribution in [3.63, 3.8) is 0 Å². The number of rotatable bonds is 8. The van der Waals surface area contributed by atoms with Crippen molar-refractivity contribution in [2.24, 2.45) is 30.7 Å². The lowest BCUT2D eigenvalue weighted by molar-refractivity contribution is -0.144. The second-order valence-corrected chi connectivity index (χ2v) is 10.3. The third-order valence-electron chi connectivity index (χ3n) is 7.81. The molecule has 0 bridgehead atoms. The molecule has 188 valence electrons. The summed E-state index contributed by atoms with van der Waals surface area (Å²) in [7, 11) is 3.52. The number of amides is 1. The quantitative estimate of drug-likeness (QED) is 0.606. The summed E-state index contributed by atoms with van der Waals surface area (Å²) >= 11 is 0. The lowest BCUT2D eigenvalue weighted by Crippen LogP contribution is -2.34. The number of carboxylic acids is 1. The first-order chi connectivity index (χ1) is 16.8. The summed E-state index contributed by atoms with van der Waals surface area (Å²) in [5.74, 6) is 0.960. The summed E-state index contributed by atoms with van der Waals surface area (Å²) in [4.78, 5) is 30.3. The van der Waals surface area contributed by atoms with Crippen LogP contribution in [0.3, 0.4) is 0 Å². The molecule has 1 amide bonds. The predicted octanol–water partition coefficient (Wildman–Crippen LogP) is 3.43. The van der Waals surface area contributed by atoms with Crippen LogP contribution in [0.15, 0.2) is 12.1 Å². The fraction of sp³-hybridized carbons (Fsp3) is 0.640. The summed E-state index contributed by atoms with van der Waals surface area (Å²) in [5.41, 5.74) is 2.53. The van der Waals surface area contributed by atoms with Crippen molar-refractivity contribution >= 4 is 12.1 Å². The second kappa shape index (κ2) is 9.47. The third kappa shape index (κ3) is 4.97. The number of aryl methyl sites for hydroxylation is 2. The number of nitrogens with zero attached hydrogens (tertiary/aromatic N) is 5. The number of aliphatic carboxylic acids is 1. The molecular weight excluding hydrogens is 450 g/mol. The minimum absolute atomic E-state index is 0.0485. The zero-order chi connectivity index (χ0) is 24.7. The fourth-order valence-electron chi connectivity index (χ4n) is 5.41. The van der Waals surface area contributed by atoms with Crippen molar-refractivity contribution in [2.75, 3.05) is 13.6 Å². The van der Waals surface area contributed by atoms with E-state index in [1.54, 1.807) is 23.7 Å². The molecule has 35 heavy (non-hydrogen) atoms. The molecule has 5 rings (SSSR count). The van der Waals surface area contributed by atoms with E-state index in [9.17, 15) is 14.7 Å². The average molecular weight is 484 g/mol. The van der Waals surface area contributed by atoms with Gasteiger partial charge >= 0.3 is 12.1 Å². The van der Waals surface area contributed by atoms with E-state index < -0.39 is 5.97 Å². The lowest BCUT2D eigenvalue weighted by atomic mass is 9.85. The van der Waals surface area contributed by atoms with Gasteiger partial charge < -0.3 is 19.5 Å². The number of carbonyl (C=O) groups excluding carboxylic acids is 1. The lowest BCUT2D eigenvalue weighted by Gasteiger charge is -2.29. The van der Waals surface area contributed by atoms with Crippen molar-refractivity contribution in [3.8, 4) is 17.1 Å². The van der Waals surface area contributed by atoms with E-state index in [1.165, 1.54) is 19.3 Å². The van der Waals surface area contributed by atoms with Gasteiger partial charge in [0.1, 0.15) is 23.7 Å². The molecule has 10 nitrogen and oxygen atoms in total. The van der Waals surface area contributed by atoms with Gasteiger partial charge in [0.05, 0.1) is 23.4 Å². The van der Waals surface area contributed by atoms with Crippen LogP contribution >= 0.6 is 0 Å². The van der Waals surface area contributed by atoms with Gasteiger partial charge in [0.15, 0.2) is 0 Å². The van der Waals surface area contributed by atoms with Crippen molar-refractivity contribution in [2.45, 2.75) is 58.2 Å². The Kier molecular flexibility index (Phi) is 6.37. The molecule has 2 aromatic rings. The molecule has 2 heterocycles. The molecule has 10 heteroatoms. The largest absolute Gasteiger partial charge is 0.488 e. The molecule has 0 aromatic carbocycles. The standard InChI is InChI=1S/C25H33N5O5/c1-14-22(35-17-9-16-10-18(16)19(11-17)24(31)32)8-7-20(26-14)23-21(30(3)28-27-23)13-34-25(33)29(2)12-15-5-4-6-15/h7-8,15-19H,4-6,9-13H2,1-3H3,(H,31,32)/t16?,17-,18+,19+/m0/s1. The first-order valence-corrected chi connectivity index (χ1v) is 12.4. The summed E-state index contributed by atoms with van der Waals surface area (Å²) in [6, 6.07) is 3.67. The van der Waals surface area contributed by atoms with Crippen molar-refractivity contribution in [3.05, 3.63) is 23.5 Å². The van der Waals surface area contributed by atoms with Gasteiger partial charge in [-0.1, -0.05) is 11.6 Å². The Bertz CT molecular complexity index is 1110. The van der Waals surface area contributed by atoms with E-state index in [1.807, 2.05) is 19.1 Å².